The minimum Gasteiger partial charge on any atom is -0.465 e. The van der Waals surface area contributed by atoms with E-state index in [1.165, 1.54) is 67.8 Å². The molecule has 0 aromatic heterocycles. The Morgan fingerprint density at radius 2 is 1.37 bits per heavy atom. The molecule has 138 valence electrons. The van der Waals surface area contributed by atoms with Gasteiger partial charge < -0.3 is 4.74 Å². The molecule has 3 rings (SSSR count). The van der Waals surface area contributed by atoms with Crippen LogP contribution in [0.25, 0.3) is 0 Å². The van der Waals surface area contributed by atoms with Crippen molar-refractivity contribution in [1.29, 1.82) is 0 Å². The second-order valence-electron chi connectivity index (χ2n) is 5.60. The van der Waals surface area contributed by atoms with E-state index in [4.69, 9.17) is 0 Å². The number of ether oxygens (including phenoxy) is 1. The van der Waals surface area contributed by atoms with Crippen LogP contribution in [0.5, 0.6) is 0 Å². The Morgan fingerprint density at radius 1 is 0.852 bits per heavy atom. The number of esters is 1. The van der Waals surface area contributed by atoms with E-state index in [1.807, 2.05) is 0 Å². The zero-order valence-electron chi connectivity index (χ0n) is 14.4. The molecule has 3 aromatic carbocycles. The summed E-state index contributed by atoms with van der Waals surface area (Å²) in [4.78, 5) is 11.7. The van der Waals surface area contributed by atoms with Gasteiger partial charge in [-0.1, -0.05) is 18.2 Å². The molecule has 0 spiro atoms. The van der Waals surface area contributed by atoms with Crippen LogP contribution >= 0.6 is 0 Å². The van der Waals surface area contributed by atoms with Gasteiger partial charge in [-0.2, -0.15) is 0 Å². The average Bonchev–Trinajstić information content (AvgIpc) is 2.70. The molecule has 0 saturated carbocycles. The van der Waals surface area contributed by atoms with Gasteiger partial charge in [0.25, 0.3) is 10.0 Å². The van der Waals surface area contributed by atoms with Gasteiger partial charge in [-0.05, 0) is 60.7 Å². The minimum atomic E-state index is -3.96. The summed E-state index contributed by atoms with van der Waals surface area (Å²) < 4.78 is 45.6. The predicted octanol–water partition coefficient (Wildman–Crippen LogP) is 4.14. The highest BCUT2D eigenvalue weighted by atomic mass is 32.2. The Kier molecular flexibility index (Phi) is 5.23. The molecule has 0 N–H and O–H groups in total. The van der Waals surface area contributed by atoms with Crippen LogP contribution in [0.1, 0.15) is 10.4 Å². The Balaban J connectivity index is 2.14. The maximum absolute atomic E-state index is 13.3. The van der Waals surface area contributed by atoms with E-state index in [0.29, 0.717) is 5.69 Å². The van der Waals surface area contributed by atoms with Gasteiger partial charge >= 0.3 is 5.97 Å². The maximum atomic E-state index is 13.3. The summed E-state index contributed by atoms with van der Waals surface area (Å²) in [5.41, 5.74) is 0.863. The number of anilines is 2. The molecular weight excluding hydrogens is 369 g/mol. The number of hydrogen-bond acceptors (Lipinski definition) is 4. The lowest BCUT2D eigenvalue weighted by Gasteiger charge is -2.25. The SMILES string of the molecule is COC(=O)c1ccc(N(c2ccc(F)cc2)S(=O)(=O)c2ccccc2)cc1. The normalized spacial score (nSPS) is 11.0. The summed E-state index contributed by atoms with van der Waals surface area (Å²) in [5, 5.41) is 0. The summed E-state index contributed by atoms with van der Waals surface area (Å²) in [7, 11) is -2.70. The molecule has 0 amide bonds. The van der Waals surface area contributed by atoms with Gasteiger partial charge in [0, 0.05) is 0 Å². The number of carbonyl (C=O) groups excluding carboxylic acids is 1. The van der Waals surface area contributed by atoms with Crippen molar-refractivity contribution in [2.24, 2.45) is 0 Å². The number of methoxy groups -OCH3 is 1. The molecule has 0 bridgehead atoms. The van der Waals surface area contributed by atoms with E-state index in [0.717, 1.165) is 4.31 Å². The second kappa shape index (κ2) is 7.59. The fourth-order valence-electron chi connectivity index (χ4n) is 2.55. The third kappa shape index (κ3) is 3.83. The van der Waals surface area contributed by atoms with E-state index in [9.17, 15) is 17.6 Å². The van der Waals surface area contributed by atoms with Crippen molar-refractivity contribution in [3.8, 4) is 0 Å². The second-order valence-corrected chi connectivity index (χ2v) is 7.38. The van der Waals surface area contributed by atoms with Crippen LogP contribution in [0.2, 0.25) is 0 Å². The van der Waals surface area contributed by atoms with Crippen LogP contribution < -0.4 is 4.31 Å². The third-order valence-electron chi connectivity index (χ3n) is 3.87. The first kappa shape index (κ1) is 18.6. The monoisotopic (exact) mass is 385 g/mol. The molecule has 0 radical (unpaired) electrons. The van der Waals surface area contributed by atoms with Crippen LogP contribution in [0, 0.1) is 5.82 Å². The van der Waals surface area contributed by atoms with E-state index in [2.05, 4.69) is 4.74 Å². The Bertz CT molecular complexity index is 1030. The Hall–Kier alpha value is -3.19. The van der Waals surface area contributed by atoms with Crippen molar-refractivity contribution in [1.82, 2.24) is 0 Å². The van der Waals surface area contributed by atoms with E-state index in [1.54, 1.807) is 18.2 Å². The van der Waals surface area contributed by atoms with Gasteiger partial charge in [-0.25, -0.2) is 21.9 Å². The molecule has 0 heterocycles. The fraction of sp³-hybridized carbons (Fsp3) is 0.0500. The molecule has 3 aromatic rings. The first-order valence-electron chi connectivity index (χ1n) is 7.98. The summed E-state index contributed by atoms with van der Waals surface area (Å²) in [6, 6.07) is 19.0. The highest BCUT2D eigenvalue weighted by molar-refractivity contribution is 7.93. The topological polar surface area (TPSA) is 63.7 Å². The van der Waals surface area contributed by atoms with Gasteiger partial charge in [0.15, 0.2) is 0 Å². The lowest BCUT2D eigenvalue weighted by Crippen LogP contribution is -2.26. The molecule has 0 aliphatic carbocycles. The smallest absolute Gasteiger partial charge is 0.337 e. The van der Waals surface area contributed by atoms with Gasteiger partial charge in [-0.15, -0.1) is 0 Å². The Labute approximate surface area is 156 Å². The molecular formula is C20H16FNO4S. The lowest BCUT2D eigenvalue weighted by molar-refractivity contribution is 0.0600. The van der Waals surface area contributed by atoms with Crippen molar-refractivity contribution in [3.05, 3.63) is 90.2 Å². The number of benzene rings is 3. The standard InChI is InChI=1S/C20H16FNO4S/c1-26-20(23)15-7-11-17(12-8-15)22(18-13-9-16(21)10-14-18)27(24,25)19-5-3-2-4-6-19/h2-14H,1H3. The van der Waals surface area contributed by atoms with Crippen LogP contribution in [0.3, 0.4) is 0 Å². The number of nitrogens with zero attached hydrogens (tertiary/aromatic N) is 1. The average molecular weight is 385 g/mol. The minimum absolute atomic E-state index is 0.0892. The fourth-order valence-corrected chi connectivity index (χ4v) is 4.06. The third-order valence-corrected chi connectivity index (χ3v) is 5.64. The molecule has 7 heteroatoms. The number of sulfonamides is 1. The van der Waals surface area contributed by atoms with Gasteiger partial charge in [0.05, 0.1) is 28.9 Å². The predicted molar refractivity (Wildman–Crippen MR) is 99.9 cm³/mol. The van der Waals surface area contributed by atoms with E-state index >= 15 is 0 Å². The Morgan fingerprint density at radius 3 is 1.89 bits per heavy atom. The summed E-state index contributed by atoms with van der Waals surface area (Å²) >= 11 is 0. The van der Waals surface area contributed by atoms with Crippen LogP contribution in [-0.2, 0) is 14.8 Å². The van der Waals surface area contributed by atoms with Crippen molar-refractivity contribution in [3.63, 3.8) is 0 Å². The molecule has 27 heavy (non-hydrogen) atoms. The first-order chi connectivity index (χ1) is 12.9. The van der Waals surface area contributed by atoms with Gasteiger partial charge in [0.2, 0.25) is 0 Å². The zero-order valence-corrected chi connectivity index (χ0v) is 15.2. The molecule has 0 aliphatic heterocycles. The highest BCUT2D eigenvalue weighted by Crippen LogP contribution is 2.32. The molecule has 5 nitrogen and oxygen atoms in total. The first-order valence-corrected chi connectivity index (χ1v) is 9.42. The maximum Gasteiger partial charge on any atom is 0.337 e. The number of hydrogen-bond donors (Lipinski definition) is 0. The van der Waals surface area contributed by atoms with Gasteiger partial charge in [0.1, 0.15) is 5.82 Å². The number of halogens is 1. The number of rotatable bonds is 5. The molecule has 0 aliphatic rings. The van der Waals surface area contributed by atoms with Crippen LogP contribution in [-0.4, -0.2) is 21.5 Å². The molecule has 0 atom stereocenters. The van der Waals surface area contributed by atoms with E-state index in [-0.39, 0.29) is 16.1 Å². The van der Waals surface area contributed by atoms with Crippen LogP contribution in [0.4, 0.5) is 15.8 Å². The number of carbonyl (C=O) groups is 1. The van der Waals surface area contributed by atoms with Crippen molar-refractivity contribution >= 4 is 27.4 Å². The van der Waals surface area contributed by atoms with Crippen molar-refractivity contribution in [2.75, 3.05) is 11.4 Å². The van der Waals surface area contributed by atoms with Gasteiger partial charge in [-0.3, -0.25) is 0 Å². The summed E-state index contributed by atoms with van der Waals surface area (Å²) in [6.45, 7) is 0. The summed E-state index contributed by atoms with van der Waals surface area (Å²) in [6.07, 6.45) is 0. The quantitative estimate of drug-likeness (QED) is 0.619. The lowest BCUT2D eigenvalue weighted by atomic mass is 10.2. The zero-order chi connectivity index (χ0) is 19.4. The van der Waals surface area contributed by atoms with Crippen molar-refractivity contribution in [2.45, 2.75) is 4.90 Å². The van der Waals surface area contributed by atoms with Crippen LogP contribution in [0.15, 0.2) is 83.8 Å². The molecule has 0 fully saturated rings. The van der Waals surface area contributed by atoms with Crippen molar-refractivity contribution < 1.29 is 22.3 Å². The highest BCUT2D eigenvalue weighted by Gasteiger charge is 2.26. The molecule has 0 unspecified atom stereocenters. The molecule has 0 saturated heterocycles. The van der Waals surface area contributed by atoms with E-state index < -0.39 is 21.8 Å². The largest absolute Gasteiger partial charge is 0.465 e. The summed E-state index contributed by atoms with van der Waals surface area (Å²) in [5.74, 6) is -1.00.